The number of nitrogens with one attached hydrogen (secondary N) is 1. The van der Waals surface area contributed by atoms with Crippen LogP contribution in [0.3, 0.4) is 0 Å². The number of hydrogen-bond acceptors (Lipinski definition) is 4. The molecule has 0 saturated heterocycles. The first-order valence-corrected chi connectivity index (χ1v) is 6.50. The molecule has 4 nitrogen and oxygen atoms in total. The Morgan fingerprint density at radius 2 is 1.95 bits per heavy atom. The lowest BCUT2D eigenvalue weighted by molar-refractivity contribution is 0.452. The lowest BCUT2D eigenvalue weighted by atomic mass is 10.2. The maximum Gasteiger partial charge on any atom is 0.224 e. The summed E-state index contributed by atoms with van der Waals surface area (Å²) in [6.45, 7) is 5.72. The quantitative estimate of drug-likeness (QED) is 0.919. The summed E-state index contributed by atoms with van der Waals surface area (Å²) in [6.07, 6.45) is 0. The van der Waals surface area contributed by atoms with Gasteiger partial charge in [0.15, 0.2) is 0 Å². The number of rotatable bonds is 4. The van der Waals surface area contributed by atoms with Crippen LogP contribution in [0.2, 0.25) is 0 Å². The largest absolute Gasteiger partial charge is 0.439 e. The highest BCUT2D eigenvalue weighted by Crippen LogP contribution is 2.25. The van der Waals surface area contributed by atoms with E-state index in [0.717, 1.165) is 0 Å². The Kier molecular flexibility index (Phi) is 4.17. The molecule has 1 aromatic heterocycles. The predicted molar refractivity (Wildman–Crippen MR) is 76.9 cm³/mol. The van der Waals surface area contributed by atoms with Crippen molar-refractivity contribution >= 4 is 5.82 Å². The van der Waals surface area contributed by atoms with Gasteiger partial charge in [-0.15, -0.1) is 0 Å². The summed E-state index contributed by atoms with van der Waals surface area (Å²) in [7, 11) is 1.78. The highest BCUT2D eigenvalue weighted by atomic mass is 19.1. The van der Waals surface area contributed by atoms with E-state index in [9.17, 15) is 4.39 Å². The molecular formula is C15H18FN3O. The summed E-state index contributed by atoms with van der Waals surface area (Å²) in [5, 5.41) is 2.96. The summed E-state index contributed by atoms with van der Waals surface area (Å²) in [5.74, 6) is 2.06. The van der Waals surface area contributed by atoms with Crippen LogP contribution in [0.1, 0.15) is 31.2 Å². The Hall–Kier alpha value is -2.17. The zero-order chi connectivity index (χ0) is 14.7. The molecule has 1 aromatic carbocycles. The van der Waals surface area contributed by atoms with Gasteiger partial charge in [-0.3, -0.25) is 0 Å². The minimum Gasteiger partial charge on any atom is -0.439 e. The molecule has 2 rings (SSSR count). The minimum atomic E-state index is -0.297. The number of benzene rings is 1. The van der Waals surface area contributed by atoms with Crippen molar-refractivity contribution in [3.8, 4) is 11.6 Å². The Bertz CT molecular complexity index is 614. The van der Waals surface area contributed by atoms with Crippen LogP contribution in [0.15, 0.2) is 24.3 Å². The summed E-state index contributed by atoms with van der Waals surface area (Å²) >= 11 is 0. The molecular weight excluding hydrogens is 257 g/mol. The highest BCUT2D eigenvalue weighted by Gasteiger charge is 2.09. The molecule has 0 fully saturated rings. The number of halogens is 1. The average molecular weight is 275 g/mol. The molecule has 5 heteroatoms. The van der Waals surface area contributed by atoms with E-state index in [0.29, 0.717) is 28.8 Å². The molecule has 20 heavy (non-hydrogen) atoms. The topological polar surface area (TPSA) is 47.0 Å². The van der Waals surface area contributed by atoms with Crippen molar-refractivity contribution in [2.45, 2.75) is 26.7 Å². The molecule has 106 valence electrons. The van der Waals surface area contributed by atoms with Crippen LogP contribution in [0.5, 0.6) is 11.6 Å². The molecule has 2 aromatic rings. The normalized spacial score (nSPS) is 10.7. The average Bonchev–Trinajstić information content (AvgIpc) is 2.42. The Labute approximate surface area is 118 Å². The van der Waals surface area contributed by atoms with Crippen LogP contribution < -0.4 is 10.1 Å². The van der Waals surface area contributed by atoms with E-state index in [1.165, 1.54) is 6.07 Å². The van der Waals surface area contributed by atoms with Gasteiger partial charge < -0.3 is 10.1 Å². The van der Waals surface area contributed by atoms with E-state index < -0.39 is 0 Å². The smallest absolute Gasteiger partial charge is 0.224 e. The van der Waals surface area contributed by atoms with Crippen molar-refractivity contribution in [2.75, 3.05) is 12.4 Å². The summed E-state index contributed by atoms with van der Waals surface area (Å²) in [6, 6.07) is 6.43. The van der Waals surface area contributed by atoms with Gasteiger partial charge in [-0.05, 0) is 18.6 Å². The lowest BCUT2D eigenvalue weighted by Crippen LogP contribution is -2.03. The predicted octanol–water partition coefficient (Wildman–Crippen LogP) is 3.88. The van der Waals surface area contributed by atoms with Crippen LogP contribution in [0, 0.1) is 12.7 Å². The number of aromatic nitrogens is 2. The van der Waals surface area contributed by atoms with Crippen LogP contribution >= 0.6 is 0 Å². The van der Waals surface area contributed by atoms with E-state index in [4.69, 9.17) is 4.74 Å². The third-order valence-corrected chi connectivity index (χ3v) is 2.86. The van der Waals surface area contributed by atoms with E-state index in [1.807, 2.05) is 13.8 Å². The first-order valence-electron chi connectivity index (χ1n) is 6.50. The van der Waals surface area contributed by atoms with Gasteiger partial charge in [0.25, 0.3) is 0 Å². The zero-order valence-corrected chi connectivity index (χ0v) is 12.1. The minimum absolute atomic E-state index is 0.181. The number of aryl methyl sites for hydroxylation is 1. The first-order chi connectivity index (χ1) is 9.49. The van der Waals surface area contributed by atoms with E-state index in [-0.39, 0.29) is 11.7 Å². The number of nitrogens with zero attached hydrogens (tertiary/aromatic N) is 2. The van der Waals surface area contributed by atoms with Gasteiger partial charge in [0.1, 0.15) is 23.2 Å². The lowest BCUT2D eigenvalue weighted by Gasteiger charge is -2.11. The molecule has 0 saturated carbocycles. The molecule has 0 aliphatic carbocycles. The molecule has 0 aliphatic rings. The summed E-state index contributed by atoms with van der Waals surface area (Å²) < 4.78 is 19.1. The van der Waals surface area contributed by atoms with E-state index in [1.54, 1.807) is 32.2 Å². The van der Waals surface area contributed by atoms with Gasteiger partial charge in [0.05, 0.1) is 0 Å². The molecule has 0 bridgehead atoms. The van der Waals surface area contributed by atoms with Crippen molar-refractivity contribution in [3.63, 3.8) is 0 Å². The van der Waals surface area contributed by atoms with Crippen molar-refractivity contribution in [1.82, 2.24) is 9.97 Å². The summed E-state index contributed by atoms with van der Waals surface area (Å²) in [5.41, 5.74) is 0.582. The van der Waals surface area contributed by atoms with Gasteiger partial charge in [-0.2, -0.15) is 4.98 Å². The number of anilines is 1. The van der Waals surface area contributed by atoms with E-state index in [2.05, 4.69) is 15.3 Å². The van der Waals surface area contributed by atoms with Crippen molar-refractivity contribution in [3.05, 3.63) is 41.5 Å². The molecule has 1 N–H and O–H groups in total. The second-order valence-electron chi connectivity index (χ2n) is 4.87. The van der Waals surface area contributed by atoms with Gasteiger partial charge in [0, 0.05) is 25.1 Å². The molecule has 0 spiro atoms. The molecule has 0 atom stereocenters. The maximum atomic E-state index is 13.5. The van der Waals surface area contributed by atoms with Gasteiger partial charge >= 0.3 is 0 Å². The molecule has 0 amide bonds. The molecule has 0 radical (unpaired) electrons. The fraction of sp³-hybridized carbons (Fsp3) is 0.333. The monoisotopic (exact) mass is 275 g/mol. The molecule has 0 aliphatic heterocycles. The van der Waals surface area contributed by atoms with Crippen LogP contribution in [-0.2, 0) is 0 Å². The first kappa shape index (κ1) is 14.2. The second-order valence-corrected chi connectivity index (χ2v) is 4.87. The van der Waals surface area contributed by atoms with Crippen molar-refractivity contribution in [2.24, 2.45) is 0 Å². The van der Waals surface area contributed by atoms with Crippen molar-refractivity contribution in [1.29, 1.82) is 0 Å². The van der Waals surface area contributed by atoms with E-state index >= 15 is 0 Å². The second kappa shape index (κ2) is 5.86. The highest BCUT2D eigenvalue weighted by molar-refractivity contribution is 5.40. The Morgan fingerprint density at radius 1 is 1.20 bits per heavy atom. The Balaban J connectivity index is 2.32. The SMILES string of the molecule is CNc1cc(Oc2ccc(C)c(F)c2)nc(C(C)C)n1. The van der Waals surface area contributed by atoms with Crippen molar-refractivity contribution < 1.29 is 9.13 Å². The molecule has 0 unspecified atom stereocenters. The summed E-state index contributed by atoms with van der Waals surface area (Å²) in [4.78, 5) is 8.68. The van der Waals surface area contributed by atoms with Gasteiger partial charge in [-0.1, -0.05) is 19.9 Å². The number of ether oxygens (including phenoxy) is 1. The Morgan fingerprint density at radius 3 is 2.55 bits per heavy atom. The standard InChI is InChI=1S/C15H18FN3O/c1-9(2)15-18-13(17-4)8-14(19-15)20-11-6-5-10(3)12(16)7-11/h5-9H,1-4H3,(H,17,18,19). The third kappa shape index (κ3) is 3.23. The van der Waals surface area contributed by atoms with Crippen LogP contribution in [0.4, 0.5) is 10.2 Å². The maximum absolute atomic E-state index is 13.5. The molecule has 1 heterocycles. The van der Waals surface area contributed by atoms with Crippen LogP contribution in [-0.4, -0.2) is 17.0 Å². The zero-order valence-electron chi connectivity index (χ0n) is 12.1. The number of hydrogen-bond donors (Lipinski definition) is 1. The van der Waals surface area contributed by atoms with Gasteiger partial charge in [-0.25, -0.2) is 9.37 Å². The van der Waals surface area contributed by atoms with Gasteiger partial charge in [0.2, 0.25) is 5.88 Å². The third-order valence-electron chi connectivity index (χ3n) is 2.86. The fourth-order valence-electron chi connectivity index (χ4n) is 1.64. The van der Waals surface area contributed by atoms with Crippen LogP contribution in [0.25, 0.3) is 0 Å². The fourth-order valence-corrected chi connectivity index (χ4v) is 1.64.